The zero-order valence-electron chi connectivity index (χ0n) is 13.4. The van der Waals surface area contributed by atoms with Crippen molar-refractivity contribution in [2.24, 2.45) is 0 Å². The second-order valence-corrected chi connectivity index (χ2v) is 6.03. The zero-order chi connectivity index (χ0) is 15.6. The van der Waals surface area contributed by atoms with Gasteiger partial charge in [0.1, 0.15) is 11.2 Å². The largest absolute Gasteiger partial charge is 0.304 e. The van der Waals surface area contributed by atoms with Crippen molar-refractivity contribution >= 4 is 11.2 Å². The normalized spacial score (nSPS) is 16.9. The Morgan fingerprint density at radius 1 is 1.04 bits per heavy atom. The first-order chi connectivity index (χ1) is 11.4. The fourth-order valence-electron chi connectivity index (χ4n) is 3.44. The van der Waals surface area contributed by atoms with Crippen molar-refractivity contribution in [2.75, 3.05) is 19.6 Å². The van der Waals surface area contributed by atoms with Crippen LogP contribution in [0.1, 0.15) is 25.8 Å². The first kappa shape index (κ1) is 14.3. The van der Waals surface area contributed by atoms with Crippen molar-refractivity contribution in [2.45, 2.75) is 25.8 Å². The Hall–Kier alpha value is -2.27. The Morgan fingerprint density at radius 2 is 1.87 bits per heavy atom. The highest BCUT2D eigenvalue weighted by Gasteiger charge is 2.25. The molecule has 0 unspecified atom stereocenters. The highest BCUT2D eigenvalue weighted by Crippen LogP contribution is 2.31. The summed E-state index contributed by atoms with van der Waals surface area (Å²) in [4.78, 5) is 16.4. The first-order valence-electron chi connectivity index (χ1n) is 8.33. The molecule has 0 atom stereocenters. The second kappa shape index (κ2) is 6.08. The Morgan fingerprint density at radius 3 is 2.61 bits per heavy atom. The highest BCUT2D eigenvalue weighted by molar-refractivity contribution is 5.76. The summed E-state index contributed by atoms with van der Waals surface area (Å²) in [7, 11) is 0. The van der Waals surface area contributed by atoms with Crippen LogP contribution in [0, 0.1) is 0 Å². The topological polar surface area (TPSA) is 46.8 Å². The molecule has 23 heavy (non-hydrogen) atoms. The van der Waals surface area contributed by atoms with E-state index in [4.69, 9.17) is 4.98 Å². The fourth-order valence-corrected chi connectivity index (χ4v) is 3.44. The number of pyridine rings is 2. The molecule has 118 valence electrons. The van der Waals surface area contributed by atoms with Crippen molar-refractivity contribution in [1.82, 2.24) is 24.4 Å². The van der Waals surface area contributed by atoms with Crippen molar-refractivity contribution in [3.63, 3.8) is 0 Å². The van der Waals surface area contributed by atoms with Gasteiger partial charge >= 0.3 is 0 Å². The lowest BCUT2D eigenvalue weighted by Crippen LogP contribution is -2.34. The number of rotatable bonds is 3. The van der Waals surface area contributed by atoms with Crippen LogP contribution in [0.2, 0.25) is 0 Å². The summed E-state index contributed by atoms with van der Waals surface area (Å²) in [6.45, 7) is 5.63. The SMILES string of the molecule is CCN1CCC(n2c(-c3ccccn3)nc3cccnc32)CC1. The molecular weight excluding hydrogens is 286 g/mol. The maximum absolute atomic E-state index is 4.82. The molecule has 0 spiro atoms. The van der Waals surface area contributed by atoms with Gasteiger partial charge in [-0.3, -0.25) is 4.98 Å². The number of likely N-dealkylation sites (tertiary alicyclic amines) is 1. The van der Waals surface area contributed by atoms with E-state index in [0.29, 0.717) is 6.04 Å². The summed E-state index contributed by atoms with van der Waals surface area (Å²) < 4.78 is 2.31. The molecule has 0 amide bonds. The summed E-state index contributed by atoms with van der Waals surface area (Å²) in [5.74, 6) is 0.939. The average molecular weight is 307 g/mol. The van der Waals surface area contributed by atoms with E-state index in [2.05, 4.69) is 26.4 Å². The summed E-state index contributed by atoms with van der Waals surface area (Å²) >= 11 is 0. The molecule has 0 N–H and O–H groups in total. The molecule has 0 aliphatic carbocycles. The number of imidazole rings is 1. The predicted octanol–water partition coefficient (Wildman–Crippen LogP) is 3.15. The third-order valence-electron chi connectivity index (χ3n) is 4.71. The molecule has 4 rings (SSSR count). The molecule has 0 bridgehead atoms. The second-order valence-electron chi connectivity index (χ2n) is 6.03. The molecular formula is C18H21N5. The average Bonchev–Trinajstić information content (AvgIpc) is 3.02. The lowest BCUT2D eigenvalue weighted by Gasteiger charge is -2.32. The van der Waals surface area contributed by atoms with Gasteiger partial charge in [0.25, 0.3) is 0 Å². The van der Waals surface area contributed by atoms with E-state index in [-0.39, 0.29) is 0 Å². The summed E-state index contributed by atoms with van der Waals surface area (Å²) in [5, 5.41) is 0. The third-order valence-corrected chi connectivity index (χ3v) is 4.71. The van der Waals surface area contributed by atoms with Crippen LogP contribution in [0.15, 0.2) is 42.7 Å². The molecule has 0 radical (unpaired) electrons. The molecule has 4 heterocycles. The van der Waals surface area contributed by atoms with Crippen molar-refractivity contribution in [1.29, 1.82) is 0 Å². The summed E-state index contributed by atoms with van der Waals surface area (Å²) in [5.41, 5.74) is 2.84. The fraction of sp³-hybridized carbons (Fsp3) is 0.389. The number of hydrogen-bond acceptors (Lipinski definition) is 4. The van der Waals surface area contributed by atoms with Crippen LogP contribution in [-0.4, -0.2) is 44.1 Å². The van der Waals surface area contributed by atoms with E-state index >= 15 is 0 Å². The van der Waals surface area contributed by atoms with Crippen LogP contribution in [-0.2, 0) is 0 Å². The maximum Gasteiger partial charge on any atom is 0.161 e. The summed E-state index contributed by atoms with van der Waals surface area (Å²) in [6, 6.07) is 10.4. The minimum absolute atomic E-state index is 0.440. The van der Waals surface area contributed by atoms with Gasteiger partial charge in [-0.05, 0) is 43.7 Å². The minimum atomic E-state index is 0.440. The van der Waals surface area contributed by atoms with Crippen LogP contribution in [0.5, 0.6) is 0 Å². The van der Waals surface area contributed by atoms with Crippen LogP contribution in [0.4, 0.5) is 0 Å². The maximum atomic E-state index is 4.82. The van der Waals surface area contributed by atoms with Gasteiger partial charge in [0, 0.05) is 31.5 Å². The van der Waals surface area contributed by atoms with Gasteiger partial charge in [0.05, 0.1) is 0 Å². The van der Waals surface area contributed by atoms with Gasteiger partial charge in [0.15, 0.2) is 11.5 Å². The number of piperidine rings is 1. The Labute approximate surface area is 136 Å². The molecule has 3 aromatic heterocycles. The van der Waals surface area contributed by atoms with E-state index in [0.717, 1.165) is 55.2 Å². The van der Waals surface area contributed by atoms with Gasteiger partial charge in [0.2, 0.25) is 0 Å². The monoisotopic (exact) mass is 307 g/mol. The van der Waals surface area contributed by atoms with Gasteiger partial charge in [-0.1, -0.05) is 13.0 Å². The molecule has 0 aromatic carbocycles. The molecule has 1 saturated heterocycles. The molecule has 0 saturated carbocycles. The summed E-state index contributed by atoms with van der Waals surface area (Å²) in [6.07, 6.45) is 5.95. The van der Waals surface area contributed by atoms with Crippen LogP contribution in [0.25, 0.3) is 22.7 Å². The van der Waals surface area contributed by atoms with Gasteiger partial charge in [-0.25, -0.2) is 9.97 Å². The predicted molar refractivity (Wildman–Crippen MR) is 91.1 cm³/mol. The third kappa shape index (κ3) is 2.61. The Bertz CT molecular complexity index is 788. The van der Waals surface area contributed by atoms with Gasteiger partial charge in [-0.15, -0.1) is 0 Å². The van der Waals surface area contributed by atoms with E-state index in [9.17, 15) is 0 Å². The number of fused-ring (bicyclic) bond motifs is 1. The van der Waals surface area contributed by atoms with Crippen molar-refractivity contribution < 1.29 is 0 Å². The lowest BCUT2D eigenvalue weighted by molar-refractivity contribution is 0.197. The number of aromatic nitrogens is 4. The molecule has 5 heteroatoms. The Kier molecular flexibility index (Phi) is 3.79. The Balaban J connectivity index is 1.81. The standard InChI is InChI=1S/C18H21N5/c1-2-22-12-8-14(9-13-22)23-17-16(7-5-11-20-17)21-18(23)15-6-3-4-10-19-15/h3-7,10-11,14H,2,8-9,12-13H2,1H3. The van der Waals surface area contributed by atoms with Crippen molar-refractivity contribution in [3.05, 3.63) is 42.7 Å². The van der Waals surface area contributed by atoms with Crippen molar-refractivity contribution in [3.8, 4) is 11.5 Å². The van der Waals surface area contributed by atoms with Crippen LogP contribution in [0.3, 0.4) is 0 Å². The smallest absolute Gasteiger partial charge is 0.161 e. The molecule has 1 aliphatic heterocycles. The van der Waals surface area contributed by atoms with Gasteiger partial charge in [-0.2, -0.15) is 0 Å². The molecule has 1 aliphatic rings. The number of nitrogens with zero attached hydrogens (tertiary/aromatic N) is 5. The van der Waals surface area contributed by atoms with E-state index < -0.39 is 0 Å². The van der Waals surface area contributed by atoms with E-state index in [1.54, 1.807) is 0 Å². The zero-order valence-corrected chi connectivity index (χ0v) is 13.4. The van der Waals surface area contributed by atoms with E-state index in [1.165, 1.54) is 0 Å². The first-order valence-corrected chi connectivity index (χ1v) is 8.33. The minimum Gasteiger partial charge on any atom is -0.304 e. The van der Waals surface area contributed by atoms with Gasteiger partial charge < -0.3 is 9.47 Å². The number of hydrogen-bond donors (Lipinski definition) is 0. The quantitative estimate of drug-likeness (QED) is 0.746. The molecule has 1 fully saturated rings. The lowest BCUT2D eigenvalue weighted by atomic mass is 10.0. The molecule has 5 nitrogen and oxygen atoms in total. The van der Waals surface area contributed by atoms with Crippen LogP contribution >= 0.6 is 0 Å². The molecule has 3 aromatic rings. The van der Waals surface area contributed by atoms with E-state index in [1.807, 2.05) is 42.7 Å². The highest BCUT2D eigenvalue weighted by atomic mass is 15.2. The van der Waals surface area contributed by atoms with Crippen LogP contribution < -0.4 is 0 Å².